The quantitative estimate of drug-likeness (QED) is 0.527. The fourth-order valence-electron chi connectivity index (χ4n) is 3.23. The number of H-pyrrole nitrogens is 1. The smallest absolute Gasteiger partial charge is 0.232 e. The van der Waals surface area contributed by atoms with Crippen molar-refractivity contribution in [3.05, 3.63) is 41.3 Å². The molecule has 0 saturated heterocycles. The van der Waals surface area contributed by atoms with Crippen LogP contribution in [0.3, 0.4) is 0 Å². The molecule has 1 saturated carbocycles. The summed E-state index contributed by atoms with van der Waals surface area (Å²) in [5.74, 6) is 0.456. The monoisotopic (exact) mass is 401 g/mol. The molecule has 0 radical (unpaired) electrons. The third-order valence-corrected chi connectivity index (χ3v) is 5.86. The molecule has 4 rings (SSSR count). The Bertz CT molecular complexity index is 984. The summed E-state index contributed by atoms with van der Waals surface area (Å²) in [6, 6.07) is 5.90. The number of halogens is 1. The first kappa shape index (κ1) is 19.1. The lowest BCUT2D eigenvalue weighted by molar-refractivity contribution is -0.0358. The Labute approximate surface area is 168 Å². The standard InChI is InChI=1S/C20H24ClN5O2/c1-20(4-5-20)26(2)19(27)24-9-13-6-12-7-15(21)14(8-16(12)25-13)17-10-23-18(28-3)11-22-17/h6-8,10-11,19,24-25,27H,4-5,9H2,1-3H3. The summed E-state index contributed by atoms with van der Waals surface area (Å²) >= 11 is 6.47. The maximum atomic E-state index is 10.4. The molecule has 1 unspecified atom stereocenters. The van der Waals surface area contributed by atoms with Crippen LogP contribution in [-0.2, 0) is 6.54 Å². The van der Waals surface area contributed by atoms with Crippen LogP contribution in [0.5, 0.6) is 5.88 Å². The molecule has 1 aromatic carbocycles. The van der Waals surface area contributed by atoms with Crippen molar-refractivity contribution >= 4 is 22.5 Å². The topological polar surface area (TPSA) is 86.3 Å². The zero-order valence-electron chi connectivity index (χ0n) is 16.2. The molecule has 28 heavy (non-hydrogen) atoms. The molecule has 1 atom stereocenters. The number of hydrogen-bond acceptors (Lipinski definition) is 6. The van der Waals surface area contributed by atoms with Gasteiger partial charge in [0.2, 0.25) is 5.88 Å². The summed E-state index contributed by atoms with van der Waals surface area (Å²) in [5, 5.41) is 15.1. The molecule has 2 aromatic heterocycles. The van der Waals surface area contributed by atoms with E-state index in [0.29, 0.717) is 23.1 Å². The Kier molecular flexibility index (Phi) is 5.01. The van der Waals surface area contributed by atoms with Crippen LogP contribution in [0.1, 0.15) is 25.5 Å². The van der Waals surface area contributed by atoms with Crippen molar-refractivity contribution in [1.29, 1.82) is 0 Å². The molecule has 148 valence electrons. The van der Waals surface area contributed by atoms with Gasteiger partial charge in [0, 0.05) is 34.2 Å². The lowest BCUT2D eigenvalue weighted by atomic mass is 10.1. The Morgan fingerprint density at radius 3 is 2.75 bits per heavy atom. The Hall–Kier alpha value is -2.19. The van der Waals surface area contributed by atoms with Crippen LogP contribution in [0.2, 0.25) is 5.02 Å². The van der Waals surface area contributed by atoms with Gasteiger partial charge in [-0.15, -0.1) is 0 Å². The zero-order chi connectivity index (χ0) is 19.9. The molecular formula is C20H24ClN5O2. The zero-order valence-corrected chi connectivity index (χ0v) is 16.9. The van der Waals surface area contributed by atoms with E-state index >= 15 is 0 Å². The van der Waals surface area contributed by atoms with Crippen molar-refractivity contribution in [3.63, 3.8) is 0 Å². The fraction of sp³-hybridized carbons (Fsp3) is 0.400. The molecule has 1 aliphatic rings. The lowest BCUT2D eigenvalue weighted by Gasteiger charge is -2.30. The number of hydrogen-bond donors (Lipinski definition) is 3. The van der Waals surface area contributed by atoms with Crippen molar-refractivity contribution in [2.24, 2.45) is 0 Å². The second-order valence-electron chi connectivity index (χ2n) is 7.52. The van der Waals surface area contributed by atoms with Crippen LogP contribution < -0.4 is 10.1 Å². The first-order valence-electron chi connectivity index (χ1n) is 9.21. The molecular weight excluding hydrogens is 378 g/mol. The van der Waals surface area contributed by atoms with Crippen LogP contribution >= 0.6 is 11.6 Å². The summed E-state index contributed by atoms with van der Waals surface area (Å²) in [5.41, 5.74) is 3.50. The molecule has 3 aromatic rings. The first-order chi connectivity index (χ1) is 13.4. The molecule has 8 heteroatoms. The van der Waals surface area contributed by atoms with E-state index in [1.807, 2.05) is 30.1 Å². The van der Waals surface area contributed by atoms with E-state index in [1.165, 1.54) is 0 Å². The molecule has 0 aliphatic heterocycles. The average Bonchev–Trinajstić information content (AvgIpc) is 3.33. The lowest BCUT2D eigenvalue weighted by Crippen LogP contribution is -2.48. The van der Waals surface area contributed by atoms with Gasteiger partial charge in [0.05, 0.1) is 30.2 Å². The van der Waals surface area contributed by atoms with E-state index in [4.69, 9.17) is 16.3 Å². The van der Waals surface area contributed by atoms with E-state index in [-0.39, 0.29) is 5.54 Å². The normalized spacial score (nSPS) is 16.5. The Balaban J connectivity index is 1.52. The number of rotatable bonds is 7. The molecule has 1 fully saturated rings. The van der Waals surface area contributed by atoms with Crippen molar-refractivity contribution in [3.8, 4) is 17.1 Å². The Morgan fingerprint density at radius 1 is 1.32 bits per heavy atom. The third kappa shape index (κ3) is 3.71. The SMILES string of the molecule is COc1cnc(-c2cc3[nH]c(CNC(O)N(C)C4(C)CC4)cc3cc2Cl)cn1. The number of aromatic nitrogens is 3. The maximum Gasteiger partial charge on any atom is 0.232 e. The van der Waals surface area contributed by atoms with Gasteiger partial charge >= 0.3 is 0 Å². The van der Waals surface area contributed by atoms with E-state index in [2.05, 4.69) is 27.2 Å². The molecule has 1 aliphatic carbocycles. The number of fused-ring (bicyclic) bond motifs is 1. The highest BCUT2D eigenvalue weighted by Crippen LogP contribution is 2.40. The first-order valence-corrected chi connectivity index (χ1v) is 9.59. The van der Waals surface area contributed by atoms with Gasteiger partial charge in [0.25, 0.3) is 0 Å². The number of aromatic amines is 1. The van der Waals surface area contributed by atoms with Gasteiger partial charge < -0.3 is 14.8 Å². The van der Waals surface area contributed by atoms with E-state index in [1.54, 1.807) is 19.5 Å². The average molecular weight is 402 g/mol. The largest absolute Gasteiger partial charge is 0.480 e. The summed E-state index contributed by atoms with van der Waals surface area (Å²) in [4.78, 5) is 13.9. The predicted molar refractivity (Wildman–Crippen MR) is 109 cm³/mol. The number of aliphatic hydroxyl groups is 1. The minimum absolute atomic E-state index is 0.106. The second-order valence-corrected chi connectivity index (χ2v) is 7.93. The molecule has 3 N–H and O–H groups in total. The van der Waals surface area contributed by atoms with Crippen molar-refractivity contribution in [2.75, 3.05) is 14.2 Å². The van der Waals surface area contributed by atoms with Crippen LogP contribution in [0.15, 0.2) is 30.6 Å². The maximum absolute atomic E-state index is 10.4. The fourth-order valence-corrected chi connectivity index (χ4v) is 3.50. The van der Waals surface area contributed by atoms with E-state index in [9.17, 15) is 5.11 Å². The highest BCUT2D eigenvalue weighted by molar-refractivity contribution is 6.34. The molecule has 0 spiro atoms. The van der Waals surface area contributed by atoms with Gasteiger partial charge in [0.1, 0.15) is 0 Å². The van der Waals surface area contributed by atoms with Gasteiger partial charge in [0.15, 0.2) is 6.35 Å². The van der Waals surface area contributed by atoms with Crippen molar-refractivity contribution < 1.29 is 9.84 Å². The number of aliphatic hydroxyl groups excluding tert-OH is 1. The minimum atomic E-state index is -0.687. The van der Waals surface area contributed by atoms with Crippen LogP contribution in [0, 0.1) is 0 Å². The number of ether oxygens (including phenoxy) is 1. The van der Waals surface area contributed by atoms with Gasteiger partial charge in [-0.25, -0.2) is 9.97 Å². The molecule has 0 amide bonds. The molecule has 2 heterocycles. The summed E-state index contributed by atoms with van der Waals surface area (Å²) in [7, 11) is 3.49. The minimum Gasteiger partial charge on any atom is -0.480 e. The van der Waals surface area contributed by atoms with Gasteiger partial charge in [-0.2, -0.15) is 0 Å². The summed E-state index contributed by atoms with van der Waals surface area (Å²) in [6.45, 7) is 2.68. The van der Waals surface area contributed by atoms with E-state index < -0.39 is 6.35 Å². The third-order valence-electron chi connectivity index (χ3n) is 5.54. The van der Waals surface area contributed by atoms with Crippen molar-refractivity contribution in [1.82, 2.24) is 25.2 Å². The van der Waals surface area contributed by atoms with Crippen LogP contribution in [0.4, 0.5) is 0 Å². The molecule has 0 bridgehead atoms. The van der Waals surface area contributed by atoms with Gasteiger partial charge in [-0.1, -0.05) is 11.6 Å². The van der Waals surface area contributed by atoms with Crippen LogP contribution in [-0.4, -0.2) is 51.0 Å². The predicted octanol–water partition coefficient (Wildman–Crippen LogP) is 3.14. The van der Waals surface area contributed by atoms with Crippen molar-refractivity contribution in [2.45, 2.75) is 38.2 Å². The summed E-state index contributed by atoms with van der Waals surface area (Å²) < 4.78 is 5.05. The van der Waals surface area contributed by atoms with Gasteiger partial charge in [-0.3, -0.25) is 10.2 Å². The highest BCUT2D eigenvalue weighted by Gasteiger charge is 2.43. The number of methoxy groups -OCH3 is 1. The Morgan fingerprint density at radius 2 is 2.11 bits per heavy atom. The second kappa shape index (κ2) is 7.33. The summed E-state index contributed by atoms with van der Waals surface area (Å²) in [6.07, 6.45) is 4.75. The number of nitrogens with zero attached hydrogens (tertiary/aromatic N) is 3. The number of benzene rings is 1. The van der Waals surface area contributed by atoms with E-state index in [0.717, 1.165) is 35.0 Å². The highest BCUT2D eigenvalue weighted by atomic mass is 35.5. The molecule has 7 nitrogen and oxygen atoms in total. The van der Waals surface area contributed by atoms with Gasteiger partial charge in [-0.05, 0) is 45.0 Å². The number of nitrogens with one attached hydrogen (secondary N) is 2. The van der Waals surface area contributed by atoms with Crippen LogP contribution in [0.25, 0.3) is 22.2 Å².